The van der Waals surface area contributed by atoms with E-state index in [-0.39, 0.29) is 21.2 Å². The molecule has 0 amide bonds. The molecule has 7 heteroatoms. The summed E-state index contributed by atoms with van der Waals surface area (Å²) in [5.74, 6) is 0. The monoisotopic (exact) mass is 412 g/mol. The van der Waals surface area contributed by atoms with Gasteiger partial charge in [-0.3, -0.25) is 4.55 Å². The second kappa shape index (κ2) is 7.81. The quantitative estimate of drug-likeness (QED) is 0.409. The predicted octanol–water partition coefficient (Wildman–Crippen LogP) is -0.527. The van der Waals surface area contributed by atoms with Crippen molar-refractivity contribution in [2.75, 3.05) is 0 Å². The smallest absolute Gasteiger partial charge is 0.357 e. The number of halogens is 2. The molecule has 0 unspecified atom stereocenters. The summed E-state index contributed by atoms with van der Waals surface area (Å²) >= 11 is 5.78. The average Bonchev–Trinajstić information content (AvgIpc) is 2.31. The maximum absolute atomic E-state index is 8.63. The fourth-order valence-corrected chi connectivity index (χ4v) is 3.44. The lowest BCUT2D eigenvalue weighted by atomic mass is 10.4. The van der Waals surface area contributed by atoms with Gasteiger partial charge in [0.25, 0.3) is 0 Å². The average molecular weight is 413 g/mol. The van der Waals surface area contributed by atoms with E-state index in [1.165, 1.54) is 7.14 Å². The Balaban J connectivity index is 0.000000312. The van der Waals surface area contributed by atoms with Crippen LogP contribution < -0.4 is 21.2 Å². The van der Waals surface area contributed by atoms with Crippen LogP contribution in [0.25, 0.3) is 0 Å². The summed E-state index contributed by atoms with van der Waals surface area (Å²) in [5.41, 5.74) is 0. The Morgan fingerprint density at radius 2 is 1.37 bits per heavy atom. The van der Waals surface area contributed by atoms with Crippen LogP contribution in [0.5, 0.6) is 0 Å². The second-order valence-electron chi connectivity index (χ2n) is 3.25. The maximum atomic E-state index is 8.63. The molecule has 2 aromatic carbocycles. The van der Waals surface area contributed by atoms with Crippen LogP contribution in [0, 0.1) is 7.14 Å². The molecule has 0 fully saturated rings. The van der Waals surface area contributed by atoms with E-state index in [9.17, 15) is 0 Å². The molecule has 0 aliphatic carbocycles. The topological polar surface area (TPSA) is 77.4 Å². The zero-order chi connectivity index (χ0) is 14.3. The summed E-state index contributed by atoms with van der Waals surface area (Å²) in [5, 5.41) is 0.811. The van der Waals surface area contributed by atoms with E-state index in [1.807, 2.05) is 12.1 Å². The summed E-state index contributed by atoms with van der Waals surface area (Å²) in [6.07, 6.45) is 0. The highest BCUT2D eigenvalue weighted by Crippen LogP contribution is 2.04. The summed E-state index contributed by atoms with van der Waals surface area (Å²) in [7, 11) is -4.92. The van der Waals surface area contributed by atoms with E-state index in [2.05, 4.69) is 42.5 Å². The van der Waals surface area contributed by atoms with Gasteiger partial charge in [0.1, 0.15) is 0 Å². The first-order chi connectivity index (χ1) is 8.84. The lowest BCUT2D eigenvalue weighted by molar-refractivity contribution is -0.597. The summed E-state index contributed by atoms with van der Waals surface area (Å²) < 4.78 is 35.7. The van der Waals surface area contributed by atoms with Crippen molar-refractivity contribution < 1.29 is 38.7 Å². The first-order valence-corrected chi connectivity index (χ1v) is 8.88. The molecule has 0 aliphatic heterocycles. The Hall–Kier alpha value is -0.670. The van der Waals surface area contributed by atoms with E-state index < -0.39 is 10.4 Å². The van der Waals surface area contributed by atoms with Crippen molar-refractivity contribution in [3.63, 3.8) is 0 Å². The summed E-state index contributed by atoms with van der Waals surface area (Å²) in [6.45, 7) is 0. The minimum absolute atomic E-state index is 0.0427. The molecule has 1 N–H and O–H groups in total. The standard InChI is InChI=1S/C12H9ClI.H2O4S/c13-10-6-8-12(9-7-10)14-11-4-2-1-3-5-11;1-5(2,3)4/h1-9H;(H2,1,2,3,4)/q+1;/p-1. The molecule has 0 aliphatic rings. The molecule has 4 nitrogen and oxygen atoms in total. The highest BCUT2D eigenvalue weighted by Gasteiger charge is 2.13. The van der Waals surface area contributed by atoms with E-state index in [0.717, 1.165) is 5.02 Å². The molecule has 0 heterocycles. The molecule has 0 radical (unpaired) electrons. The molecule has 0 saturated heterocycles. The van der Waals surface area contributed by atoms with Crippen molar-refractivity contribution in [2.45, 2.75) is 0 Å². The van der Waals surface area contributed by atoms with Crippen molar-refractivity contribution in [1.29, 1.82) is 0 Å². The molecule has 102 valence electrons. The molecule has 0 atom stereocenters. The minimum Gasteiger partial charge on any atom is -0.726 e. The summed E-state index contributed by atoms with van der Waals surface area (Å²) in [6, 6.07) is 18.7. The van der Waals surface area contributed by atoms with Crippen LogP contribution in [-0.4, -0.2) is 17.5 Å². The first kappa shape index (κ1) is 16.4. The highest BCUT2D eigenvalue weighted by atomic mass is 127. The number of benzene rings is 2. The van der Waals surface area contributed by atoms with E-state index in [4.69, 9.17) is 29.1 Å². The molecule has 0 aromatic heterocycles. The van der Waals surface area contributed by atoms with E-state index in [0.29, 0.717) is 0 Å². The lowest BCUT2D eigenvalue weighted by Crippen LogP contribution is -3.61. The molecular weight excluding hydrogens is 403 g/mol. The molecule has 0 saturated carbocycles. The third kappa shape index (κ3) is 8.95. The van der Waals surface area contributed by atoms with Gasteiger partial charge in [-0.25, -0.2) is 8.42 Å². The van der Waals surface area contributed by atoms with Crippen molar-refractivity contribution >= 4 is 22.0 Å². The Morgan fingerprint density at radius 1 is 0.947 bits per heavy atom. The molecule has 2 rings (SSSR count). The fraction of sp³-hybridized carbons (Fsp3) is 0. The third-order valence-electron chi connectivity index (χ3n) is 1.75. The van der Waals surface area contributed by atoms with Gasteiger partial charge in [0.2, 0.25) is 10.4 Å². The Morgan fingerprint density at radius 3 is 1.84 bits per heavy atom. The molecule has 0 bridgehead atoms. The Kier molecular flexibility index (Phi) is 6.73. The van der Waals surface area contributed by atoms with Gasteiger partial charge in [-0.05, 0) is 36.4 Å². The van der Waals surface area contributed by atoms with Crippen LogP contribution in [0.1, 0.15) is 0 Å². The van der Waals surface area contributed by atoms with Crippen LogP contribution in [0.4, 0.5) is 0 Å². The van der Waals surface area contributed by atoms with Gasteiger partial charge < -0.3 is 4.55 Å². The number of hydrogen-bond donors (Lipinski definition) is 1. The molecular formula is C12H10ClIO4S. The fourth-order valence-electron chi connectivity index (χ4n) is 1.10. The highest BCUT2D eigenvalue weighted by molar-refractivity contribution is 7.79. The molecule has 0 spiro atoms. The second-order valence-corrected chi connectivity index (χ2v) is 7.58. The third-order valence-corrected chi connectivity index (χ3v) is 4.69. The van der Waals surface area contributed by atoms with Crippen molar-refractivity contribution in [2.24, 2.45) is 0 Å². The van der Waals surface area contributed by atoms with Crippen molar-refractivity contribution in [3.8, 4) is 0 Å². The van der Waals surface area contributed by atoms with Crippen LogP contribution in [0.3, 0.4) is 0 Å². The molecule has 19 heavy (non-hydrogen) atoms. The minimum atomic E-state index is -4.92. The Bertz CT molecular complexity index is 591. The normalized spacial score (nSPS) is 10.5. The SMILES string of the molecule is Clc1ccc([I+]c2ccccc2)cc1.O=S(=O)([O-])O. The van der Waals surface area contributed by atoms with Crippen molar-refractivity contribution in [3.05, 3.63) is 66.8 Å². The van der Waals surface area contributed by atoms with Gasteiger partial charge in [-0.15, -0.1) is 0 Å². The lowest BCUT2D eigenvalue weighted by Gasteiger charge is -1.88. The van der Waals surface area contributed by atoms with Gasteiger partial charge >= 0.3 is 21.2 Å². The van der Waals surface area contributed by atoms with Crippen LogP contribution in [-0.2, 0) is 10.4 Å². The maximum Gasteiger partial charge on any atom is 0.357 e. The zero-order valence-corrected chi connectivity index (χ0v) is 13.3. The van der Waals surface area contributed by atoms with Gasteiger partial charge in [0, 0.05) is 5.02 Å². The summed E-state index contributed by atoms with van der Waals surface area (Å²) in [4.78, 5) is 0. The van der Waals surface area contributed by atoms with Gasteiger partial charge in [0.15, 0.2) is 7.14 Å². The Labute approximate surface area is 127 Å². The predicted molar refractivity (Wildman–Crippen MR) is 67.6 cm³/mol. The zero-order valence-electron chi connectivity index (χ0n) is 9.53. The van der Waals surface area contributed by atoms with E-state index in [1.54, 1.807) is 0 Å². The number of rotatable bonds is 2. The van der Waals surface area contributed by atoms with Crippen LogP contribution >= 0.6 is 11.6 Å². The van der Waals surface area contributed by atoms with Gasteiger partial charge in [-0.1, -0.05) is 29.8 Å². The van der Waals surface area contributed by atoms with E-state index >= 15 is 0 Å². The van der Waals surface area contributed by atoms with Gasteiger partial charge in [-0.2, -0.15) is 0 Å². The largest absolute Gasteiger partial charge is 0.726 e. The van der Waals surface area contributed by atoms with Crippen LogP contribution in [0.15, 0.2) is 54.6 Å². The van der Waals surface area contributed by atoms with Gasteiger partial charge in [0.05, 0.1) is 0 Å². The van der Waals surface area contributed by atoms with Crippen molar-refractivity contribution in [1.82, 2.24) is 0 Å². The first-order valence-electron chi connectivity index (χ1n) is 4.98. The molecule has 2 aromatic rings. The number of hydrogen-bond acceptors (Lipinski definition) is 3. The van der Waals surface area contributed by atoms with Crippen LogP contribution in [0.2, 0.25) is 5.02 Å².